The summed E-state index contributed by atoms with van der Waals surface area (Å²) in [6.45, 7) is 11.7. The summed E-state index contributed by atoms with van der Waals surface area (Å²) in [5.74, 6) is -0.944. The van der Waals surface area contributed by atoms with Crippen molar-refractivity contribution in [3.05, 3.63) is 52.1 Å². The number of anilines is 1. The molecule has 7 atom stereocenters. The zero-order chi connectivity index (χ0) is 34.3. The van der Waals surface area contributed by atoms with Crippen molar-refractivity contribution < 1.29 is 33.7 Å². The van der Waals surface area contributed by atoms with Gasteiger partial charge >= 0.3 is 12.1 Å². The maximum Gasteiger partial charge on any atom is 0.409 e. The molecule has 1 aromatic rings. The average Bonchev–Trinajstić information content (AvgIpc) is 3.72. The van der Waals surface area contributed by atoms with Crippen LogP contribution < -0.4 is 10.2 Å². The summed E-state index contributed by atoms with van der Waals surface area (Å²) in [4.78, 5) is 41.9. The van der Waals surface area contributed by atoms with E-state index in [4.69, 9.17) is 25.8 Å². The van der Waals surface area contributed by atoms with Gasteiger partial charge in [0, 0.05) is 25.3 Å². The summed E-state index contributed by atoms with van der Waals surface area (Å²) in [6, 6.07) is 3.94. The third-order valence-corrected chi connectivity index (χ3v) is 11.6. The van der Waals surface area contributed by atoms with E-state index in [0.29, 0.717) is 23.0 Å². The lowest BCUT2D eigenvalue weighted by Gasteiger charge is -2.41. The van der Waals surface area contributed by atoms with Crippen LogP contribution in [0.15, 0.2) is 35.9 Å². The predicted molar refractivity (Wildman–Crippen MR) is 181 cm³/mol. The second-order valence-corrected chi connectivity index (χ2v) is 15.0. The van der Waals surface area contributed by atoms with Gasteiger partial charge in [-0.15, -0.1) is 0 Å². The highest BCUT2D eigenvalue weighted by Crippen LogP contribution is 2.49. The quantitative estimate of drug-likeness (QED) is 0.268. The van der Waals surface area contributed by atoms with Crippen LogP contribution in [-0.4, -0.2) is 59.8 Å². The second-order valence-electron chi connectivity index (χ2n) is 14.6. The molecule has 47 heavy (non-hydrogen) atoms. The Balaban J connectivity index is 1.50. The second kappa shape index (κ2) is 13.9. The molecule has 2 N–H and O–H groups in total. The number of hydrogen-bond donors (Lipinski definition) is 2. The Kier molecular flexibility index (Phi) is 10.5. The standard InChI is InChI=1S/C37H51ClN2O7/c1-8-25-12-14-27(15-13-25)34(42)46-30-19-31(41)40(7)28-18-26(17-22(3)32(28)38)16-21(2)10-9-11-23(4)37(44)20-29(45-35(43)39-37)24(5)33-36(30,6)47-33/h9-11,17-18,23-25,27,29-30,33,44H,8,12-16,19-20H2,1-7H3,(H,39,43)/b11-9+,21-10+/t23-,24-,25?,27?,29+,30+,33+,36+,37+/m1/s1. The van der Waals surface area contributed by atoms with Gasteiger partial charge in [0.25, 0.3) is 0 Å². The molecule has 0 aromatic heterocycles. The van der Waals surface area contributed by atoms with Crippen LogP contribution >= 0.6 is 11.6 Å². The number of amides is 2. The minimum Gasteiger partial charge on any atom is -0.458 e. The lowest BCUT2D eigenvalue weighted by atomic mass is 9.80. The number of benzene rings is 1. The first-order valence-corrected chi connectivity index (χ1v) is 17.5. The molecule has 0 radical (unpaired) electrons. The summed E-state index contributed by atoms with van der Waals surface area (Å²) in [7, 11) is 1.69. The van der Waals surface area contributed by atoms with E-state index < -0.39 is 41.6 Å². The van der Waals surface area contributed by atoms with E-state index in [0.717, 1.165) is 48.8 Å². The van der Waals surface area contributed by atoms with Crippen molar-refractivity contribution in [3.63, 3.8) is 0 Å². The fourth-order valence-corrected chi connectivity index (χ4v) is 7.83. The van der Waals surface area contributed by atoms with Crippen LogP contribution in [0.5, 0.6) is 0 Å². The molecule has 5 rings (SSSR count). The molecule has 9 nitrogen and oxygen atoms in total. The number of nitrogens with zero attached hydrogens (tertiary/aromatic N) is 1. The zero-order valence-corrected chi connectivity index (χ0v) is 29.6. The number of aliphatic hydroxyl groups is 1. The number of epoxide rings is 1. The van der Waals surface area contributed by atoms with Gasteiger partial charge in [0.15, 0.2) is 0 Å². The average molecular weight is 671 g/mol. The Morgan fingerprint density at radius 2 is 1.87 bits per heavy atom. The van der Waals surface area contributed by atoms with Crippen molar-refractivity contribution in [3.8, 4) is 0 Å². The van der Waals surface area contributed by atoms with Gasteiger partial charge in [0.1, 0.15) is 23.5 Å². The fourth-order valence-electron chi connectivity index (χ4n) is 7.59. The maximum atomic E-state index is 14.0. The molecule has 0 unspecified atom stereocenters. The lowest BCUT2D eigenvalue weighted by molar-refractivity contribution is -0.160. The highest BCUT2D eigenvalue weighted by atomic mass is 35.5. The molecule has 4 bridgehead atoms. The lowest BCUT2D eigenvalue weighted by Crippen LogP contribution is -2.60. The van der Waals surface area contributed by atoms with Crippen LogP contribution in [0, 0.1) is 30.6 Å². The number of nitrogens with one attached hydrogen (secondary N) is 1. The molecular weight excluding hydrogens is 620 g/mol. The maximum absolute atomic E-state index is 14.0. The van der Waals surface area contributed by atoms with Crippen LogP contribution in [-0.2, 0) is 30.2 Å². The number of fused-ring (bicyclic) bond motifs is 5. The van der Waals surface area contributed by atoms with E-state index in [9.17, 15) is 19.5 Å². The van der Waals surface area contributed by atoms with Gasteiger partial charge in [-0.25, -0.2) is 4.79 Å². The van der Waals surface area contributed by atoms with Crippen molar-refractivity contribution in [1.82, 2.24) is 5.32 Å². The van der Waals surface area contributed by atoms with Gasteiger partial charge in [-0.1, -0.05) is 68.7 Å². The molecule has 258 valence electrons. The smallest absolute Gasteiger partial charge is 0.409 e. The number of carbonyl (C=O) groups excluding carboxylic acids is 3. The van der Waals surface area contributed by atoms with Gasteiger partial charge < -0.3 is 24.2 Å². The van der Waals surface area contributed by atoms with E-state index in [2.05, 4.69) is 12.2 Å². The van der Waals surface area contributed by atoms with Crippen molar-refractivity contribution in [2.75, 3.05) is 11.9 Å². The number of hydrogen-bond acceptors (Lipinski definition) is 7. The summed E-state index contributed by atoms with van der Waals surface area (Å²) in [5, 5.41) is 14.7. The van der Waals surface area contributed by atoms with Crippen molar-refractivity contribution in [2.24, 2.45) is 23.7 Å². The summed E-state index contributed by atoms with van der Waals surface area (Å²) < 4.78 is 18.2. The Morgan fingerprint density at radius 3 is 2.55 bits per heavy atom. The van der Waals surface area contributed by atoms with Gasteiger partial charge in [0.2, 0.25) is 5.91 Å². The van der Waals surface area contributed by atoms with Gasteiger partial charge in [-0.3, -0.25) is 14.9 Å². The molecule has 2 amide bonds. The summed E-state index contributed by atoms with van der Waals surface area (Å²) in [6.07, 6.45) is 8.24. The Labute approximate surface area is 284 Å². The molecule has 4 aliphatic rings. The third-order valence-electron chi connectivity index (χ3n) is 11.1. The first kappa shape index (κ1) is 35.4. The molecule has 10 heteroatoms. The Bertz CT molecular complexity index is 1440. The zero-order valence-electron chi connectivity index (χ0n) is 28.8. The number of allylic oxidation sites excluding steroid dienone is 3. The first-order chi connectivity index (χ1) is 22.1. The topological polar surface area (TPSA) is 118 Å². The Morgan fingerprint density at radius 1 is 1.17 bits per heavy atom. The molecule has 0 spiro atoms. The normalized spacial score (nSPS) is 38.3. The van der Waals surface area contributed by atoms with Crippen LogP contribution in [0.3, 0.4) is 0 Å². The fraction of sp³-hybridized carbons (Fsp3) is 0.649. The largest absolute Gasteiger partial charge is 0.458 e. The number of carbonyl (C=O) groups is 3. The monoisotopic (exact) mass is 670 g/mol. The first-order valence-electron chi connectivity index (χ1n) is 17.1. The molecule has 1 saturated carbocycles. The minimum atomic E-state index is -1.54. The number of esters is 1. The SMILES string of the molecule is CCC1CCC(C(=O)O[C@H]2CC(=O)N(C)c3cc(cc(C)c3Cl)C/C(C)=C/C=C/[C@@H](C)[C@@]3(O)C[C@H](OC(=O)N3)[C@@H](C)[C@@H]3O[C@@]23C)CC1. The summed E-state index contributed by atoms with van der Waals surface area (Å²) in [5.41, 5.74) is 0.954. The van der Waals surface area contributed by atoms with Crippen LogP contribution in [0.4, 0.5) is 10.5 Å². The van der Waals surface area contributed by atoms with E-state index in [-0.39, 0.29) is 36.6 Å². The van der Waals surface area contributed by atoms with Crippen molar-refractivity contribution in [1.29, 1.82) is 0 Å². The van der Waals surface area contributed by atoms with Crippen molar-refractivity contribution >= 4 is 35.3 Å². The third kappa shape index (κ3) is 7.57. The number of halogens is 1. The van der Waals surface area contributed by atoms with Crippen LogP contribution in [0.2, 0.25) is 5.02 Å². The van der Waals surface area contributed by atoms with Gasteiger partial charge in [-0.05, 0) is 76.0 Å². The number of aryl methyl sites for hydroxylation is 1. The number of rotatable bonds is 3. The molecule has 3 fully saturated rings. The highest BCUT2D eigenvalue weighted by Gasteiger charge is 2.64. The molecule has 1 aliphatic carbocycles. The van der Waals surface area contributed by atoms with Crippen molar-refractivity contribution in [2.45, 2.75) is 123 Å². The molecule has 3 heterocycles. The summed E-state index contributed by atoms with van der Waals surface area (Å²) >= 11 is 6.77. The predicted octanol–water partition coefficient (Wildman–Crippen LogP) is 6.80. The van der Waals surface area contributed by atoms with Crippen LogP contribution in [0.25, 0.3) is 0 Å². The van der Waals surface area contributed by atoms with Gasteiger partial charge in [0.05, 0.1) is 29.2 Å². The molecular formula is C37H51ClN2O7. The number of ether oxygens (including phenoxy) is 3. The van der Waals surface area contributed by atoms with E-state index >= 15 is 0 Å². The van der Waals surface area contributed by atoms with E-state index in [1.807, 2.05) is 65.0 Å². The van der Waals surface area contributed by atoms with E-state index in [1.54, 1.807) is 11.9 Å². The Hall–Kier alpha value is -2.88. The van der Waals surface area contributed by atoms with E-state index in [1.165, 1.54) is 0 Å². The molecule has 3 aliphatic heterocycles. The minimum absolute atomic E-state index is 0.109. The molecule has 1 aromatic carbocycles. The highest BCUT2D eigenvalue weighted by molar-refractivity contribution is 6.34. The number of alkyl carbamates (subject to hydrolysis) is 1. The van der Waals surface area contributed by atoms with Crippen LogP contribution in [0.1, 0.15) is 90.7 Å². The molecule has 2 saturated heterocycles. The van der Waals surface area contributed by atoms with Gasteiger partial charge in [-0.2, -0.15) is 0 Å².